The summed E-state index contributed by atoms with van der Waals surface area (Å²) in [5.41, 5.74) is 1.22. The van der Waals surface area contributed by atoms with Crippen LogP contribution in [0.1, 0.15) is 25.7 Å². The molecule has 6 nitrogen and oxygen atoms in total. The van der Waals surface area contributed by atoms with Gasteiger partial charge in [-0.2, -0.15) is 0 Å². The Kier molecular flexibility index (Phi) is 5.56. The zero-order valence-corrected chi connectivity index (χ0v) is 14.4. The third kappa shape index (κ3) is 4.60. The molecule has 6 heteroatoms. The fraction of sp³-hybridized carbons (Fsp3) is 0.667. The van der Waals surface area contributed by atoms with E-state index in [1.165, 1.54) is 5.69 Å². The van der Waals surface area contributed by atoms with E-state index in [9.17, 15) is 9.90 Å². The average Bonchev–Trinajstić information content (AvgIpc) is 3.46. The molecule has 1 atom stereocenters. The lowest BCUT2D eigenvalue weighted by molar-refractivity contribution is 0.113. The summed E-state index contributed by atoms with van der Waals surface area (Å²) in [4.78, 5) is 20.2. The number of carbonyl (C=O) groups excluding carboxylic acids is 1. The lowest BCUT2D eigenvalue weighted by Gasteiger charge is -2.34. The van der Waals surface area contributed by atoms with E-state index in [-0.39, 0.29) is 12.1 Å². The maximum Gasteiger partial charge on any atom is 0.317 e. The van der Waals surface area contributed by atoms with Crippen LogP contribution in [-0.2, 0) is 0 Å². The number of aliphatic hydroxyl groups is 1. The highest BCUT2D eigenvalue weighted by molar-refractivity contribution is 5.73. The lowest BCUT2D eigenvalue weighted by Crippen LogP contribution is -2.45. The van der Waals surface area contributed by atoms with Gasteiger partial charge in [0.15, 0.2) is 0 Å². The van der Waals surface area contributed by atoms with E-state index in [0.717, 1.165) is 38.8 Å². The third-order valence-corrected chi connectivity index (χ3v) is 5.16. The molecule has 0 bridgehead atoms. The molecule has 1 saturated carbocycles. The lowest BCUT2D eigenvalue weighted by atomic mass is 9.96. The van der Waals surface area contributed by atoms with Gasteiger partial charge < -0.3 is 20.2 Å². The predicted molar refractivity (Wildman–Crippen MR) is 93.9 cm³/mol. The number of piperidine rings is 1. The zero-order valence-electron chi connectivity index (χ0n) is 14.4. The van der Waals surface area contributed by atoms with Crippen molar-refractivity contribution in [2.45, 2.75) is 31.8 Å². The minimum absolute atomic E-state index is 0.0775. The zero-order chi connectivity index (χ0) is 16.9. The van der Waals surface area contributed by atoms with Gasteiger partial charge in [0.1, 0.15) is 0 Å². The highest BCUT2D eigenvalue weighted by atomic mass is 16.3. The van der Waals surface area contributed by atoms with Gasteiger partial charge in [0, 0.05) is 51.3 Å². The van der Waals surface area contributed by atoms with E-state index >= 15 is 0 Å². The number of rotatable bonds is 6. The van der Waals surface area contributed by atoms with E-state index in [1.54, 1.807) is 11.9 Å². The summed E-state index contributed by atoms with van der Waals surface area (Å²) < 4.78 is 0. The molecule has 132 valence electrons. The molecule has 2 N–H and O–H groups in total. The molecule has 0 aromatic carbocycles. The van der Waals surface area contributed by atoms with E-state index in [2.05, 4.69) is 15.2 Å². The minimum atomic E-state index is -0.371. The number of aromatic nitrogens is 1. The molecule has 1 aliphatic carbocycles. The minimum Gasteiger partial charge on any atom is -0.391 e. The Balaban J connectivity index is 1.36. The van der Waals surface area contributed by atoms with Crippen molar-refractivity contribution in [2.75, 3.05) is 38.1 Å². The fourth-order valence-electron chi connectivity index (χ4n) is 3.31. The molecule has 2 amide bonds. The molecule has 1 unspecified atom stereocenters. The monoisotopic (exact) mass is 332 g/mol. The number of nitrogens with zero attached hydrogens (tertiary/aromatic N) is 3. The maximum absolute atomic E-state index is 12.1. The topological polar surface area (TPSA) is 68.7 Å². The van der Waals surface area contributed by atoms with Crippen molar-refractivity contribution >= 4 is 11.7 Å². The molecule has 3 rings (SSSR count). The predicted octanol–water partition coefficient (Wildman–Crippen LogP) is 1.71. The van der Waals surface area contributed by atoms with Gasteiger partial charge >= 0.3 is 6.03 Å². The Hall–Kier alpha value is -1.82. The highest BCUT2D eigenvalue weighted by Gasteiger charge is 2.31. The molecule has 24 heavy (non-hydrogen) atoms. The van der Waals surface area contributed by atoms with Gasteiger partial charge in [0.2, 0.25) is 0 Å². The Morgan fingerprint density at radius 1 is 1.33 bits per heavy atom. The van der Waals surface area contributed by atoms with Crippen LogP contribution in [0.2, 0.25) is 0 Å². The van der Waals surface area contributed by atoms with Gasteiger partial charge in [0.25, 0.3) is 0 Å². The molecule has 2 fully saturated rings. The summed E-state index contributed by atoms with van der Waals surface area (Å²) in [6.45, 7) is 3.17. The normalized spacial score (nSPS) is 19.8. The molecule has 1 aliphatic heterocycles. The Morgan fingerprint density at radius 2 is 2.00 bits per heavy atom. The second-order valence-electron chi connectivity index (χ2n) is 7.11. The summed E-state index contributed by atoms with van der Waals surface area (Å²) >= 11 is 0. The number of aliphatic hydroxyl groups excluding tert-OH is 1. The van der Waals surface area contributed by atoms with Gasteiger partial charge in [-0.15, -0.1) is 0 Å². The van der Waals surface area contributed by atoms with Gasteiger partial charge in [-0.25, -0.2) is 4.79 Å². The highest BCUT2D eigenvalue weighted by Crippen LogP contribution is 2.32. The summed E-state index contributed by atoms with van der Waals surface area (Å²) in [5.74, 6) is 0.923. The summed E-state index contributed by atoms with van der Waals surface area (Å²) in [5, 5.41) is 12.9. The number of amides is 2. The van der Waals surface area contributed by atoms with Crippen molar-refractivity contribution in [2.24, 2.45) is 11.8 Å². The van der Waals surface area contributed by atoms with Gasteiger partial charge in [-0.05, 0) is 49.7 Å². The van der Waals surface area contributed by atoms with Crippen molar-refractivity contribution in [1.82, 2.24) is 15.2 Å². The summed E-state index contributed by atoms with van der Waals surface area (Å²) in [6.07, 6.45) is 7.62. The van der Waals surface area contributed by atoms with Crippen molar-refractivity contribution in [3.8, 4) is 0 Å². The molecule has 1 aromatic heterocycles. The van der Waals surface area contributed by atoms with Gasteiger partial charge in [-0.1, -0.05) is 0 Å². The van der Waals surface area contributed by atoms with Crippen LogP contribution in [-0.4, -0.2) is 60.4 Å². The fourth-order valence-corrected chi connectivity index (χ4v) is 3.31. The van der Waals surface area contributed by atoms with E-state index in [1.807, 2.05) is 24.5 Å². The largest absolute Gasteiger partial charge is 0.391 e. The average molecular weight is 332 g/mol. The molecule has 2 heterocycles. The maximum atomic E-state index is 12.1. The van der Waals surface area contributed by atoms with Crippen molar-refractivity contribution < 1.29 is 9.90 Å². The number of nitrogens with one attached hydrogen (secondary N) is 1. The van der Waals surface area contributed by atoms with Crippen LogP contribution in [0.4, 0.5) is 10.5 Å². The van der Waals surface area contributed by atoms with Crippen LogP contribution in [0.15, 0.2) is 24.5 Å². The Labute approximate surface area is 143 Å². The van der Waals surface area contributed by atoms with Crippen molar-refractivity contribution in [1.29, 1.82) is 0 Å². The van der Waals surface area contributed by atoms with E-state index < -0.39 is 0 Å². The van der Waals surface area contributed by atoms with Crippen LogP contribution >= 0.6 is 0 Å². The van der Waals surface area contributed by atoms with Crippen molar-refractivity contribution in [3.05, 3.63) is 24.5 Å². The number of hydrogen-bond acceptors (Lipinski definition) is 4. The number of pyridine rings is 1. The number of hydrogen-bond donors (Lipinski definition) is 2. The first-order valence-corrected chi connectivity index (χ1v) is 8.95. The quantitative estimate of drug-likeness (QED) is 0.832. The first-order chi connectivity index (χ1) is 11.6. The van der Waals surface area contributed by atoms with Crippen LogP contribution in [0.5, 0.6) is 0 Å². The number of likely N-dealkylation sites (N-methyl/N-ethyl adjacent to an activating group) is 1. The van der Waals surface area contributed by atoms with Crippen LogP contribution in [0.3, 0.4) is 0 Å². The van der Waals surface area contributed by atoms with Crippen LogP contribution in [0, 0.1) is 11.8 Å². The SMILES string of the molecule is CN(CC(O)C1CC1)C(=O)NCC1CCN(c2ccncc2)CC1. The number of carbonyl (C=O) groups is 1. The number of anilines is 1. The van der Waals surface area contributed by atoms with Crippen LogP contribution < -0.4 is 10.2 Å². The second-order valence-corrected chi connectivity index (χ2v) is 7.11. The molecular formula is C18H28N4O2. The molecule has 0 spiro atoms. The smallest absolute Gasteiger partial charge is 0.317 e. The second kappa shape index (κ2) is 7.83. The third-order valence-electron chi connectivity index (χ3n) is 5.16. The number of urea groups is 1. The molecule has 1 aromatic rings. The van der Waals surface area contributed by atoms with Crippen molar-refractivity contribution in [3.63, 3.8) is 0 Å². The van der Waals surface area contributed by atoms with Gasteiger partial charge in [0.05, 0.1) is 6.10 Å². The first-order valence-electron chi connectivity index (χ1n) is 8.95. The first kappa shape index (κ1) is 17.0. The molecule has 0 radical (unpaired) electrons. The van der Waals surface area contributed by atoms with E-state index in [0.29, 0.717) is 24.9 Å². The molecular weight excluding hydrogens is 304 g/mol. The van der Waals surface area contributed by atoms with Crippen LogP contribution in [0.25, 0.3) is 0 Å². The van der Waals surface area contributed by atoms with Gasteiger partial charge in [-0.3, -0.25) is 4.98 Å². The summed E-state index contributed by atoms with van der Waals surface area (Å²) in [7, 11) is 1.76. The molecule has 2 aliphatic rings. The summed E-state index contributed by atoms with van der Waals surface area (Å²) in [6, 6.07) is 4.01. The Morgan fingerprint density at radius 3 is 2.62 bits per heavy atom. The van der Waals surface area contributed by atoms with E-state index in [4.69, 9.17) is 0 Å². The Bertz CT molecular complexity index is 527. The standard InChI is InChI=1S/C18H28N4O2/c1-21(13-17(23)15-2-3-15)18(24)20-12-14-6-10-22(11-7-14)16-4-8-19-9-5-16/h4-5,8-9,14-15,17,23H,2-3,6-7,10-13H2,1H3,(H,20,24). The molecule has 1 saturated heterocycles.